The molecule has 0 aliphatic carbocycles. The first-order valence-electron chi connectivity index (χ1n) is 10.3. The average molecular weight is 381 g/mol. The van der Waals surface area contributed by atoms with Crippen LogP contribution in [0, 0.1) is 5.92 Å². The zero-order chi connectivity index (χ0) is 18.9. The van der Waals surface area contributed by atoms with Crippen molar-refractivity contribution in [1.29, 1.82) is 0 Å². The molecule has 28 heavy (non-hydrogen) atoms. The molecule has 6 heteroatoms. The topological polar surface area (TPSA) is 58.0 Å². The number of carbonyl (C=O) groups excluding carboxylic acids is 1. The van der Waals surface area contributed by atoms with E-state index in [1.54, 1.807) is 6.07 Å². The van der Waals surface area contributed by atoms with E-state index in [9.17, 15) is 4.79 Å². The van der Waals surface area contributed by atoms with Crippen molar-refractivity contribution >= 4 is 11.6 Å². The van der Waals surface area contributed by atoms with Crippen LogP contribution in [-0.4, -0.2) is 62.8 Å². The maximum Gasteiger partial charge on any atom is 0.287 e. The van der Waals surface area contributed by atoms with Crippen LogP contribution in [0.2, 0.25) is 0 Å². The molecule has 5 heterocycles. The van der Waals surface area contributed by atoms with E-state index < -0.39 is 0 Å². The van der Waals surface area contributed by atoms with Gasteiger partial charge >= 0.3 is 0 Å². The van der Waals surface area contributed by atoms with E-state index in [1.165, 1.54) is 25.9 Å². The van der Waals surface area contributed by atoms with Crippen LogP contribution in [-0.2, 0) is 4.74 Å². The highest BCUT2D eigenvalue weighted by Gasteiger charge is 2.35. The molecule has 4 saturated heterocycles. The third-order valence-electron chi connectivity index (χ3n) is 6.31. The van der Waals surface area contributed by atoms with Gasteiger partial charge in [-0.1, -0.05) is 12.1 Å². The number of rotatable bonds is 4. The molecule has 4 aliphatic heterocycles. The molecule has 0 spiro atoms. The van der Waals surface area contributed by atoms with Crippen LogP contribution in [0.4, 0.5) is 5.69 Å². The van der Waals surface area contributed by atoms with Crippen LogP contribution in [0.15, 0.2) is 40.8 Å². The summed E-state index contributed by atoms with van der Waals surface area (Å²) in [4.78, 5) is 17.5. The average Bonchev–Trinajstić information content (AvgIpc) is 3.26. The Labute approximate surface area is 165 Å². The molecular formula is C22H27N3O3. The lowest BCUT2D eigenvalue weighted by Gasteiger charge is -2.44. The van der Waals surface area contributed by atoms with Crippen molar-refractivity contribution in [2.24, 2.45) is 5.92 Å². The molecule has 6 nitrogen and oxygen atoms in total. The van der Waals surface area contributed by atoms with E-state index in [4.69, 9.17) is 9.15 Å². The van der Waals surface area contributed by atoms with E-state index in [0.29, 0.717) is 11.7 Å². The molecule has 1 aromatic heterocycles. The van der Waals surface area contributed by atoms with E-state index >= 15 is 0 Å². The molecule has 148 valence electrons. The van der Waals surface area contributed by atoms with Crippen molar-refractivity contribution in [3.05, 3.63) is 42.2 Å². The van der Waals surface area contributed by atoms with Crippen LogP contribution in [0.25, 0.3) is 11.3 Å². The molecule has 1 aromatic carbocycles. The second-order valence-corrected chi connectivity index (χ2v) is 8.03. The number of carbonyl (C=O) groups is 1. The van der Waals surface area contributed by atoms with Gasteiger partial charge in [0.1, 0.15) is 5.76 Å². The number of nitrogens with zero attached hydrogens (tertiary/aromatic N) is 2. The maximum atomic E-state index is 12.7. The van der Waals surface area contributed by atoms with Crippen molar-refractivity contribution in [2.75, 3.05) is 50.8 Å². The molecule has 4 aliphatic rings. The molecule has 2 bridgehead atoms. The lowest BCUT2D eigenvalue weighted by molar-refractivity contribution is 0.0606. The van der Waals surface area contributed by atoms with Gasteiger partial charge in [-0.25, -0.2) is 0 Å². The number of benzene rings is 1. The predicted octanol–water partition coefficient (Wildman–Crippen LogP) is 2.61. The van der Waals surface area contributed by atoms with Gasteiger partial charge in [0.15, 0.2) is 5.76 Å². The molecular weight excluding hydrogens is 354 g/mol. The summed E-state index contributed by atoms with van der Waals surface area (Å²) >= 11 is 0. The number of anilines is 1. The summed E-state index contributed by atoms with van der Waals surface area (Å²) < 4.78 is 11.4. The smallest absolute Gasteiger partial charge is 0.287 e. The Morgan fingerprint density at radius 3 is 2.61 bits per heavy atom. The Balaban J connectivity index is 1.28. The summed E-state index contributed by atoms with van der Waals surface area (Å²) in [5.74, 6) is 1.63. The van der Waals surface area contributed by atoms with Crippen molar-refractivity contribution in [2.45, 2.75) is 18.9 Å². The minimum absolute atomic E-state index is 0.102. The second-order valence-electron chi connectivity index (χ2n) is 8.03. The molecule has 6 rings (SSSR count). The molecule has 0 saturated carbocycles. The molecule has 1 atom stereocenters. The summed E-state index contributed by atoms with van der Waals surface area (Å²) in [6.07, 6.45) is 2.37. The molecule has 1 N–H and O–H groups in total. The Hall–Kier alpha value is -2.31. The quantitative estimate of drug-likeness (QED) is 0.882. The molecule has 2 aromatic rings. The molecule has 1 amide bonds. The third kappa shape index (κ3) is 3.54. The van der Waals surface area contributed by atoms with Crippen molar-refractivity contribution in [3.8, 4) is 11.3 Å². The Kier molecular flexibility index (Phi) is 4.82. The van der Waals surface area contributed by atoms with Gasteiger partial charge in [0, 0.05) is 36.9 Å². The fourth-order valence-electron chi connectivity index (χ4n) is 4.66. The zero-order valence-corrected chi connectivity index (χ0v) is 16.1. The van der Waals surface area contributed by atoms with Crippen molar-refractivity contribution in [1.82, 2.24) is 10.2 Å². The van der Waals surface area contributed by atoms with Gasteiger partial charge in [-0.15, -0.1) is 0 Å². The molecule has 4 fully saturated rings. The third-order valence-corrected chi connectivity index (χ3v) is 6.31. The highest BCUT2D eigenvalue weighted by atomic mass is 16.5. The standard InChI is InChI=1S/C22H27N3O3/c26-22(23-19-15-24-8-6-16(19)7-9-24)21-5-4-20(28-21)17-2-1-3-18(14-17)25-10-12-27-13-11-25/h1-5,14,16,19H,6-13,15H2,(H,23,26). The number of hydrogen-bond donors (Lipinski definition) is 1. The summed E-state index contributed by atoms with van der Waals surface area (Å²) in [6, 6.07) is 12.2. The molecule has 0 radical (unpaired) electrons. The van der Waals surface area contributed by atoms with Crippen LogP contribution in [0.1, 0.15) is 23.4 Å². The van der Waals surface area contributed by atoms with Crippen molar-refractivity contribution in [3.63, 3.8) is 0 Å². The van der Waals surface area contributed by atoms with Gasteiger partial charge in [0.2, 0.25) is 0 Å². The normalized spacial score (nSPS) is 27.0. The van der Waals surface area contributed by atoms with E-state index in [-0.39, 0.29) is 11.9 Å². The van der Waals surface area contributed by atoms with E-state index in [1.807, 2.05) is 18.2 Å². The van der Waals surface area contributed by atoms with E-state index in [2.05, 4.69) is 27.2 Å². The van der Waals surface area contributed by atoms with E-state index in [0.717, 1.165) is 49.9 Å². The Morgan fingerprint density at radius 1 is 1.04 bits per heavy atom. The number of piperidine rings is 3. The Bertz CT molecular complexity index is 835. The number of fused-ring (bicyclic) bond motifs is 3. The number of furan rings is 1. The van der Waals surface area contributed by atoms with Crippen LogP contribution in [0.3, 0.4) is 0 Å². The maximum absolute atomic E-state index is 12.7. The van der Waals surface area contributed by atoms with Crippen molar-refractivity contribution < 1.29 is 13.9 Å². The second kappa shape index (κ2) is 7.60. The number of amides is 1. The summed E-state index contributed by atoms with van der Waals surface area (Å²) in [6.45, 7) is 6.61. The lowest BCUT2D eigenvalue weighted by atomic mass is 9.84. The van der Waals surface area contributed by atoms with Crippen LogP contribution in [0.5, 0.6) is 0 Å². The first-order chi connectivity index (χ1) is 13.8. The Morgan fingerprint density at radius 2 is 1.86 bits per heavy atom. The fourth-order valence-corrected chi connectivity index (χ4v) is 4.66. The highest BCUT2D eigenvalue weighted by molar-refractivity contribution is 5.92. The predicted molar refractivity (Wildman–Crippen MR) is 108 cm³/mol. The SMILES string of the molecule is O=C(NC1CN2CCC1CC2)c1ccc(-c2cccc(N3CCOCC3)c2)o1. The molecule has 1 unspecified atom stereocenters. The minimum atomic E-state index is -0.102. The monoisotopic (exact) mass is 381 g/mol. The van der Waals surface area contributed by atoms with Gasteiger partial charge in [-0.3, -0.25) is 4.79 Å². The summed E-state index contributed by atoms with van der Waals surface area (Å²) in [5.41, 5.74) is 2.15. The summed E-state index contributed by atoms with van der Waals surface area (Å²) in [7, 11) is 0. The van der Waals surface area contributed by atoms with Gasteiger partial charge in [0.25, 0.3) is 5.91 Å². The number of hydrogen-bond acceptors (Lipinski definition) is 5. The first-order valence-corrected chi connectivity index (χ1v) is 10.3. The van der Waals surface area contributed by atoms with Gasteiger partial charge in [-0.2, -0.15) is 0 Å². The number of morpholine rings is 1. The van der Waals surface area contributed by atoms with Gasteiger partial charge < -0.3 is 24.3 Å². The van der Waals surface area contributed by atoms with Gasteiger partial charge in [0.05, 0.1) is 13.2 Å². The number of nitrogens with one attached hydrogen (secondary N) is 1. The highest BCUT2D eigenvalue weighted by Crippen LogP contribution is 2.29. The first kappa shape index (κ1) is 17.8. The number of ether oxygens (including phenoxy) is 1. The van der Waals surface area contributed by atoms with Crippen LogP contribution < -0.4 is 10.2 Å². The minimum Gasteiger partial charge on any atom is -0.451 e. The summed E-state index contributed by atoms with van der Waals surface area (Å²) in [5, 5.41) is 3.20. The zero-order valence-electron chi connectivity index (χ0n) is 16.1. The fraction of sp³-hybridized carbons (Fsp3) is 0.500. The largest absolute Gasteiger partial charge is 0.451 e. The van der Waals surface area contributed by atoms with Gasteiger partial charge in [-0.05, 0) is 56.1 Å². The van der Waals surface area contributed by atoms with Crippen LogP contribution >= 0.6 is 0 Å². The lowest BCUT2D eigenvalue weighted by Crippen LogP contribution is -2.57.